The van der Waals surface area contributed by atoms with Gasteiger partial charge in [0, 0.05) is 24.9 Å². The van der Waals surface area contributed by atoms with Crippen molar-refractivity contribution in [3.63, 3.8) is 0 Å². The zero-order valence-corrected chi connectivity index (χ0v) is 10.9. The molecule has 0 aromatic carbocycles. The number of carbonyl (C=O) groups is 1. The van der Waals surface area contributed by atoms with E-state index in [0.29, 0.717) is 25.0 Å². The average Bonchev–Trinajstić information content (AvgIpc) is 2.84. The Labute approximate surface area is 102 Å². The number of carbonyl (C=O) groups excluding carboxylic acids is 1. The van der Waals surface area contributed by atoms with Gasteiger partial charge < -0.3 is 10.6 Å². The van der Waals surface area contributed by atoms with E-state index in [1.165, 1.54) is 12.7 Å². The highest BCUT2D eigenvalue weighted by atomic mass is 32.2. The van der Waals surface area contributed by atoms with Crippen molar-refractivity contribution >= 4 is 15.7 Å². The molecule has 3 atom stereocenters. The summed E-state index contributed by atoms with van der Waals surface area (Å²) in [7, 11) is -2.91. The molecule has 5 nitrogen and oxygen atoms in total. The van der Waals surface area contributed by atoms with Crippen LogP contribution in [-0.2, 0) is 14.6 Å². The SMILES string of the molecule is CS(=O)(=O)CCCNC(=O)C1CC2CCC1N2. The Morgan fingerprint density at radius 3 is 2.71 bits per heavy atom. The lowest BCUT2D eigenvalue weighted by Gasteiger charge is -2.19. The van der Waals surface area contributed by atoms with Crippen molar-refractivity contribution in [1.82, 2.24) is 10.6 Å². The molecule has 17 heavy (non-hydrogen) atoms. The molecular formula is C11H20N2O3S. The second kappa shape index (κ2) is 4.94. The molecule has 6 heteroatoms. The molecule has 0 aliphatic carbocycles. The zero-order chi connectivity index (χ0) is 12.5. The third kappa shape index (κ3) is 3.42. The summed E-state index contributed by atoms with van der Waals surface area (Å²) in [6, 6.07) is 0.863. The van der Waals surface area contributed by atoms with E-state index in [-0.39, 0.29) is 17.6 Å². The molecule has 2 N–H and O–H groups in total. The second-order valence-electron chi connectivity index (χ2n) is 5.16. The highest BCUT2D eigenvalue weighted by Gasteiger charge is 2.42. The molecule has 2 heterocycles. The summed E-state index contributed by atoms with van der Waals surface area (Å²) in [5, 5.41) is 6.26. The minimum absolute atomic E-state index is 0.0817. The van der Waals surface area contributed by atoms with Crippen LogP contribution in [0.4, 0.5) is 0 Å². The van der Waals surface area contributed by atoms with Crippen LogP contribution in [-0.4, -0.2) is 45.0 Å². The second-order valence-corrected chi connectivity index (χ2v) is 7.42. The fraction of sp³-hybridized carbons (Fsp3) is 0.909. The van der Waals surface area contributed by atoms with Gasteiger partial charge in [-0.1, -0.05) is 0 Å². The smallest absolute Gasteiger partial charge is 0.224 e. The molecular weight excluding hydrogens is 240 g/mol. The van der Waals surface area contributed by atoms with Crippen molar-refractivity contribution in [1.29, 1.82) is 0 Å². The van der Waals surface area contributed by atoms with E-state index in [2.05, 4.69) is 10.6 Å². The average molecular weight is 260 g/mol. The maximum absolute atomic E-state index is 11.9. The normalized spacial score (nSPS) is 31.7. The maximum Gasteiger partial charge on any atom is 0.224 e. The van der Waals surface area contributed by atoms with Crippen LogP contribution in [0, 0.1) is 5.92 Å². The highest BCUT2D eigenvalue weighted by molar-refractivity contribution is 7.90. The van der Waals surface area contributed by atoms with E-state index in [4.69, 9.17) is 0 Å². The Hall–Kier alpha value is -0.620. The lowest BCUT2D eigenvalue weighted by Crippen LogP contribution is -2.38. The Bertz CT molecular complexity index is 394. The molecule has 98 valence electrons. The van der Waals surface area contributed by atoms with Gasteiger partial charge in [0.1, 0.15) is 9.84 Å². The molecule has 0 aromatic heterocycles. The topological polar surface area (TPSA) is 75.3 Å². The number of amides is 1. The summed E-state index contributed by atoms with van der Waals surface area (Å²) in [4.78, 5) is 11.9. The Morgan fingerprint density at radius 1 is 1.41 bits per heavy atom. The van der Waals surface area contributed by atoms with Crippen LogP contribution in [0.15, 0.2) is 0 Å². The van der Waals surface area contributed by atoms with Crippen molar-refractivity contribution in [2.75, 3.05) is 18.6 Å². The standard InChI is InChI=1S/C11H20N2O3S/c1-17(15,16)6-2-5-12-11(14)9-7-8-3-4-10(9)13-8/h8-10,13H,2-7H2,1H3,(H,12,14). The monoisotopic (exact) mass is 260 g/mol. The molecule has 2 saturated heterocycles. The molecule has 2 aliphatic rings. The first-order valence-electron chi connectivity index (χ1n) is 6.17. The van der Waals surface area contributed by atoms with E-state index in [1.807, 2.05) is 0 Å². The minimum atomic E-state index is -2.91. The van der Waals surface area contributed by atoms with E-state index in [9.17, 15) is 13.2 Å². The molecule has 0 radical (unpaired) electrons. The van der Waals surface area contributed by atoms with Gasteiger partial charge in [0.15, 0.2) is 0 Å². The maximum atomic E-state index is 11.9. The Balaban J connectivity index is 1.68. The Morgan fingerprint density at radius 2 is 2.18 bits per heavy atom. The van der Waals surface area contributed by atoms with Crippen molar-refractivity contribution in [2.45, 2.75) is 37.8 Å². The largest absolute Gasteiger partial charge is 0.356 e. The number of hydrogen-bond acceptors (Lipinski definition) is 4. The fourth-order valence-corrected chi connectivity index (χ4v) is 3.46. The molecule has 2 fully saturated rings. The van der Waals surface area contributed by atoms with Gasteiger partial charge >= 0.3 is 0 Å². The number of rotatable bonds is 5. The zero-order valence-electron chi connectivity index (χ0n) is 10.1. The van der Waals surface area contributed by atoms with Gasteiger partial charge in [0.2, 0.25) is 5.91 Å². The summed E-state index contributed by atoms with van der Waals surface area (Å²) in [5.74, 6) is 0.313. The third-order valence-electron chi connectivity index (χ3n) is 3.63. The molecule has 0 saturated carbocycles. The fourth-order valence-electron chi connectivity index (χ4n) is 2.79. The van der Waals surface area contributed by atoms with Gasteiger partial charge in [-0.3, -0.25) is 4.79 Å². The minimum Gasteiger partial charge on any atom is -0.356 e. The van der Waals surface area contributed by atoms with Gasteiger partial charge in [-0.25, -0.2) is 8.42 Å². The number of sulfone groups is 1. The highest BCUT2D eigenvalue weighted by Crippen LogP contribution is 2.33. The summed E-state index contributed by atoms with van der Waals surface area (Å²) < 4.78 is 21.8. The van der Waals surface area contributed by atoms with Crippen LogP contribution in [0.3, 0.4) is 0 Å². The van der Waals surface area contributed by atoms with Crippen LogP contribution in [0.25, 0.3) is 0 Å². The first-order chi connectivity index (χ1) is 7.96. The molecule has 0 aromatic rings. The number of fused-ring (bicyclic) bond motifs is 2. The van der Waals surface area contributed by atoms with Crippen LogP contribution in [0.2, 0.25) is 0 Å². The van der Waals surface area contributed by atoms with Gasteiger partial charge in [0.05, 0.1) is 11.7 Å². The summed E-state index contributed by atoms with van der Waals surface area (Å²) >= 11 is 0. The molecule has 2 rings (SSSR count). The van der Waals surface area contributed by atoms with E-state index < -0.39 is 9.84 Å². The van der Waals surface area contributed by atoms with Crippen LogP contribution < -0.4 is 10.6 Å². The lowest BCUT2D eigenvalue weighted by molar-refractivity contribution is -0.125. The van der Waals surface area contributed by atoms with Crippen molar-refractivity contribution in [3.05, 3.63) is 0 Å². The summed E-state index contributed by atoms with van der Waals surface area (Å²) in [5.41, 5.74) is 0. The first-order valence-corrected chi connectivity index (χ1v) is 8.23. The Kier molecular flexibility index (Phi) is 3.73. The van der Waals surface area contributed by atoms with E-state index in [0.717, 1.165) is 12.8 Å². The van der Waals surface area contributed by atoms with Gasteiger partial charge in [-0.05, 0) is 25.7 Å². The van der Waals surface area contributed by atoms with Crippen molar-refractivity contribution in [2.24, 2.45) is 5.92 Å². The van der Waals surface area contributed by atoms with Crippen LogP contribution in [0.1, 0.15) is 25.7 Å². The third-order valence-corrected chi connectivity index (χ3v) is 4.66. The molecule has 2 aliphatic heterocycles. The quantitative estimate of drug-likeness (QED) is 0.664. The van der Waals surface area contributed by atoms with Crippen molar-refractivity contribution in [3.8, 4) is 0 Å². The first kappa shape index (κ1) is 12.8. The van der Waals surface area contributed by atoms with Crippen LogP contribution >= 0.6 is 0 Å². The lowest BCUT2D eigenvalue weighted by atomic mass is 9.88. The number of hydrogen-bond donors (Lipinski definition) is 2. The molecule has 1 amide bonds. The van der Waals surface area contributed by atoms with Crippen LogP contribution in [0.5, 0.6) is 0 Å². The van der Waals surface area contributed by atoms with E-state index in [1.54, 1.807) is 0 Å². The number of nitrogens with one attached hydrogen (secondary N) is 2. The van der Waals surface area contributed by atoms with Gasteiger partial charge in [-0.15, -0.1) is 0 Å². The van der Waals surface area contributed by atoms with Gasteiger partial charge in [0.25, 0.3) is 0 Å². The summed E-state index contributed by atoms with van der Waals surface area (Å²) in [6.07, 6.45) is 4.92. The van der Waals surface area contributed by atoms with Gasteiger partial charge in [-0.2, -0.15) is 0 Å². The molecule has 2 bridgehead atoms. The molecule has 0 spiro atoms. The summed E-state index contributed by atoms with van der Waals surface area (Å²) in [6.45, 7) is 0.458. The van der Waals surface area contributed by atoms with E-state index >= 15 is 0 Å². The van der Waals surface area contributed by atoms with Crippen molar-refractivity contribution < 1.29 is 13.2 Å². The predicted molar refractivity (Wildman–Crippen MR) is 65.4 cm³/mol. The predicted octanol–water partition coefficient (Wildman–Crippen LogP) is -0.322. The molecule has 3 unspecified atom stereocenters.